The van der Waals surface area contributed by atoms with Crippen LogP contribution >= 0.6 is 0 Å². The second-order valence-electron chi connectivity index (χ2n) is 6.19. The summed E-state index contributed by atoms with van der Waals surface area (Å²) in [6, 6.07) is 9.72. The van der Waals surface area contributed by atoms with Gasteiger partial charge in [-0.2, -0.15) is 0 Å². The number of hydrogen-bond donors (Lipinski definition) is 1. The summed E-state index contributed by atoms with van der Waals surface area (Å²) >= 11 is 0. The van der Waals surface area contributed by atoms with E-state index in [1.807, 2.05) is 31.2 Å². The maximum atomic E-state index is 12.5. The third-order valence-corrected chi connectivity index (χ3v) is 4.48. The van der Waals surface area contributed by atoms with Crippen LogP contribution < -0.4 is 10.1 Å². The summed E-state index contributed by atoms with van der Waals surface area (Å²) < 4.78 is 10.7. The summed E-state index contributed by atoms with van der Waals surface area (Å²) in [6.45, 7) is 5.40. The zero-order chi connectivity index (χ0) is 18.4. The molecule has 0 radical (unpaired) electrons. The number of morpholine rings is 1. The van der Waals surface area contributed by atoms with E-state index in [0.29, 0.717) is 25.5 Å². The van der Waals surface area contributed by atoms with Gasteiger partial charge in [-0.05, 0) is 30.7 Å². The first-order chi connectivity index (χ1) is 12.7. The van der Waals surface area contributed by atoms with Crippen LogP contribution in [-0.2, 0) is 4.74 Å². The lowest BCUT2D eigenvalue weighted by atomic mass is 10.0. The van der Waals surface area contributed by atoms with Crippen molar-refractivity contribution >= 4 is 5.91 Å². The Morgan fingerprint density at radius 3 is 2.65 bits per heavy atom. The van der Waals surface area contributed by atoms with Gasteiger partial charge in [-0.1, -0.05) is 12.1 Å². The lowest BCUT2D eigenvalue weighted by molar-refractivity contribution is 0.0162. The largest absolute Gasteiger partial charge is 0.497 e. The van der Waals surface area contributed by atoms with E-state index < -0.39 is 0 Å². The molecule has 0 unspecified atom stereocenters. The lowest BCUT2D eigenvalue weighted by Gasteiger charge is -2.35. The van der Waals surface area contributed by atoms with Crippen LogP contribution in [-0.4, -0.2) is 60.7 Å². The van der Waals surface area contributed by atoms with Gasteiger partial charge in [0.1, 0.15) is 17.8 Å². The Morgan fingerprint density at radius 1 is 1.27 bits per heavy atom. The van der Waals surface area contributed by atoms with Gasteiger partial charge in [0.2, 0.25) is 0 Å². The number of aromatic nitrogens is 2. The summed E-state index contributed by atoms with van der Waals surface area (Å²) in [4.78, 5) is 22.9. The maximum Gasteiger partial charge on any atom is 0.270 e. The predicted octanol–water partition coefficient (Wildman–Crippen LogP) is 1.60. The average Bonchev–Trinajstić information content (AvgIpc) is 2.69. The zero-order valence-electron chi connectivity index (χ0n) is 15.1. The molecule has 1 fully saturated rings. The van der Waals surface area contributed by atoms with Crippen molar-refractivity contribution in [3.63, 3.8) is 0 Å². The number of hydrogen-bond acceptors (Lipinski definition) is 6. The Hall–Kier alpha value is -2.51. The lowest BCUT2D eigenvalue weighted by Crippen LogP contribution is -2.43. The minimum Gasteiger partial charge on any atom is -0.497 e. The van der Waals surface area contributed by atoms with Gasteiger partial charge in [0.05, 0.1) is 26.4 Å². The second-order valence-corrected chi connectivity index (χ2v) is 6.19. The summed E-state index contributed by atoms with van der Waals surface area (Å²) in [7, 11) is 1.65. The molecule has 3 rings (SSSR count). The van der Waals surface area contributed by atoms with Crippen LogP contribution in [0.2, 0.25) is 0 Å². The van der Waals surface area contributed by atoms with Crippen LogP contribution in [0.15, 0.2) is 36.7 Å². The van der Waals surface area contributed by atoms with Crippen molar-refractivity contribution in [2.45, 2.75) is 13.0 Å². The Bertz CT molecular complexity index is 730. The van der Waals surface area contributed by atoms with Crippen molar-refractivity contribution in [3.05, 3.63) is 53.6 Å². The van der Waals surface area contributed by atoms with E-state index in [-0.39, 0.29) is 11.9 Å². The number of aryl methyl sites for hydroxylation is 1. The molecule has 1 aliphatic rings. The third kappa shape index (κ3) is 4.56. The molecule has 1 saturated heterocycles. The van der Waals surface area contributed by atoms with Crippen LogP contribution in [0, 0.1) is 6.92 Å². The molecule has 0 bridgehead atoms. The molecular formula is C19H24N4O3. The molecule has 138 valence electrons. The summed E-state index contributed by atoms with van der Waals surface area (Å²) in [5, 5.41) is 3.01. The van der Waals surface area contributed by atoms with Crippen molar-refractivity contribution in [1.82, 2.24) is 20.2 Å². The molecule has 1 N–H and O–H groups in total. The first kappa shape index (κ1) is 18.3. The topological polar surface area (TPSA) is 76.6 Å². The van der Waals surface area contributed by atoms with E-state index >= 15 is 0 Å². The molecule has 1 aliphatic heterocycles. The highest BCUT2D eigenvalue weighted by atomic mass is 16.5. The van der Waals surface area contributed by atoms with E-state index in [0.717, 1.165) is 30.1 Å². The van der Waals surface area contributed by atoms with Gasteiger partial charge >= 0.3 is 0 Å². The molecule has 1 amide bonds. The molecule has 2 aromatic rings. The van der Waals surface area contributed by atoms with Gasteiger partial charge in [0.25, 0.3) is 5.91 Å². The van der Waals surface area contributed by atoms with Crippen LogP contribution in [0.4, 0.5) is 0 Å². The maximum absolute atomic E-state index is 12.5. The van der Waals surface area contributed by atoms with Crippen molar-refractivity contribution in [1.29, 1.82) is 0 Å². The minimum atomic E-state index is -0.192. The number of carbonyl (C=O) groups excluding carboxylic acids is 1. The van der Waals surface area contributed by atoms with Gasteiger partial charge in [-0.3, -0.25) is 9.69 Å². The third-order valence-electron chi connectivity index (χ3n) is 4.48. The number of methoxy groups -OCH3 is 1. The molecule has 1 atom stereocenters. The predicted molar refractivity (Wildman–Crippen MR) is 97.2 cm³/mol. The van der Waals surface area contributed by atoms with E-state index in [9.17, 15) is 4.79 Å². The molecule has 1 aromatic carbocycles. The smallest absolute Gasteiger partial charge is 0.270 e. The van der Waals surface area contributed by atoms with Gasteiger partial charge in [0.15, 0.2) is 0 Å². The Morgan fingerprint density at radius 2 is 2.00 bits per heavy atom. The van der Waals surface area contributed by atoms with E-state index in [4.69, 9.17) is 9.47 Å². The quantitative estimate of drug-likeness (QED) is 0.847. The Balaban J connectivity index is 1.73. The van der Waals surface area contributed by atoms with E-state index in [2.05, 4.69) is 20.2 Å². The first-order valence-electron chi connectivity index (χ1n) is 8.70. The van der Waals surface area contributed by atoms with Crippen molar-refractivity contribution in [3.8, 4) is 5.75 Å². The number of rotatable bonds is 6. The van der Waals surface area contributed by atoms with Crippen molar-refractivity contribution in [2.24, 2.45) is 0 Å². The summed E-state index contributed by atoms with van der Waals surface area (Å²) in [5.41, 5.74) is 2.28. The molecule has 2 heterocycles. The molecular weight excluding hydrogens is 332 g/mol. The number of ether oxygens (including phenoxy) is 2. The number of nitrogens with one attached hydrogen (secondary N) is 1. The van der Waals surface area contributed by atoms with E-state index in [1.165, 1.54) is 6.33 Å². The first-order valence-corrected chi connectivity index (χ1v) is 8.70. The fourth-order valence-electron chi connectivity index (χ4n) is 3.03. The standard InChI is InChI=1S/C19H24N4O3/c1-14-11-17(22-13-21-14)19(24)20-12-18(23-7-9-26-10-8-23)15-3-5-16(25-2)6-4-15/h3-6,11,13,18H,7-10,12H2,1-2H3,(H,20,24)/t18-/m0/s1. The molecule has 0 saturated carbocycles. The fraction of sp³-hybridized carbons (Fsp3) is 0.421. The number of carbonyl (C=O) groups is 1. The molecule has 0 spiro atoms. The summed E-state index contributed by atoms with van der Waals surface area (Å²) in [6.07, 6.45) is 1.41. The number of nitrogens with zero attached hydrogens (tertiary/aromatic N) is 3. The van der Waals surface area contributed by atoms with Gasteiger partial charge in [-0.15, -0.1) is 0 Å². The number of benzene rings is 1. The monoisotopic (exact) mass is 356 g/mol. The zero-order valence-corrected chi connectivity index (χ0v) is 15.1. The molecule has 7 heteroatoms. The minimum absolute atomic E-state index is 0.0664. The molecule has 7 nitrogen and oxygen atoms in total. The van der Waals surface area contributed by atoms with Gasteiger partial charge in [0, 0.05) is 25.3 Å². The highest BCUT2D eigenvalue weighted by Gasteiger charge is 2.23. The molecule has 26 heavy (non-hydrogen) atoms. The molecule has 1 aromatic heterocycles. The SMILES string of the molecule is COc1ccc([C@H](CNC(=O)c2cc(C)ncn2)N2CCOCC2)cc1. The van der Waals surface area contributed by atoms with Crippen molar-refractivity contribution < 1.29 is 14.3 Å². The highest BCUT2D eigenvalue weighted by Crippen LogP contribution is 2.23. The average molecular weight is 356 g/mol. The van der Waals surface area contributed by atoms with Crippen LogP contribution in [0.5, 0.6) is 5.75 Å². The normalized spacial score (nSPS) is 16.1. The van der Waals surface area contributed by atoms with Gasteiger partial charge < -0.3 is 14.8 Å². The summed E-state index contributed by atoms with van der Waals surface area (Å²) in [5.74, 6) is 0.622. The fourth-order valence-corrected chi connectivity index (χ4v) is 3.03. The van der Waals surface area contributed by atoms with E-state index in [1.54, 1.807) is 13.2 Å². The molecule has 0 aliphatic carbocycles. The highest BCUT2D eigenvalue weighted by molar-refractivity contribution is 5.92. The van der Waals surface area contributed by atoms with Crippen LogP contribution in [0.25, 0.3) is 0 Å². The Labute approximate surface area is 153 Å². The van der Waals surface area contributed by atoms with Crippen molar-refractivity contribution in [2.75, 3.05) is 40.0 Å². The van der Waals surface area contributed by atoms with Gasteiger partial charge in [-0.25, -0.2) is 9.97 Å². The second kappa shape index (κ2) is 8.73. The number of amides is 1. The van der Waals surface area contributed by atoms with Crippen LogP contribution in [0.1, 0.15) is 27.8 Å². The van der Waals surface area contributed by atoms with Crippen LogP contribution in [0.3, 0.4) is 0 Å². The Kier molecular flexibility index (Phi) is 6.14.